The lowest BCUT2D eigenvalue weighted by atomic mass is 10.2. The Morgan fingerprint density at radius 3 is 2.86 bits per heavy atom. The molecule has 1 aliphatic heterocycles. The van der Waals surface area contributed by atoms with Crippen LogP contribution in [0.15, 0.2) is 41.1 Å². The van der Waals surface area contributed by atoms with Gasteiger partial charge in [-0.05, 0) is 44.1 Å². The van der Waals surface area contributed by atoms with Crippen molar-refractivity contribution in [2.75, 3.05) is 25.0 Å². The average molecular weight is 302 g/mol. The van der Waals surface area contributed by atoms with Crippen molar-refractivity contribution in [2.24, 2.45) is 0 Å². The number of nitrogens with zero attached hydrogens (tertiary/aromatic N) is 3. The quantitative estimate of drug-likeness (QED) is 0.652. The Morgan fingerprint density at radius 2 is 2.18 bits per heavy atom. The van der Waals surface area contributed by atoms with Crippen LogP contribution in [0.4, 0.5) is 11.5 Å². The van der Waals surface area contributed by atoms with E-state index in [9.17, 15) is 10.1 Å². The number of furan rings is 1. The number of hydrogen-bond donors (Lipinski definition) is 1. The summed E-state index contributed by atoms with van der Waals surface area (Å²) in [5.74, 6) is 1.16. The van der Waals surface area contributed by atoms with Crippen LogP contribution in [0.2, 0.25) is 0 Å². The maximum Gasteiger partial charge on any atom is 0.311 e. The van der Waals surface area contributed by atoms with E-state index >= 15 is 0 Å². The number of hydrogen-bond acceptors (Lipinski definition) is 6. The van der Waals surface area contributed by atoms with Crippen molar-refractivity contribution in [1.82, 2.24) is 9.88 Å². The van der Waals surface area contributed by atoms with Gasteiger partial charge in [0, 0.05) is 18.8 Å². The molecule has 0 radical (unpaired) electrons. The molecular formula is C15H18N4O3. The van der Waals surface area contributed by atoms with Crippen molar-refractivity contribution in [3.05, 3.63) is 52.6 Å². The smallest absolute Gasteiger partial charge is 0.311 e. The molecule has 1 atom stereocenters. The molecule has 1 saturated heterocycles. The largest absolute Gasteiger partial charge is 0.468 e. The standard InChI is InChI=1S/C15H18N4O3/c20-19(21)12-5-3-7-16-15(12)17-11-13(14-6-4-10-22-14)18-8-1-2-9-18/h3-7,10,13H,1-2,8-9,11H2,(H,16,17)/t13-/m0/s1. The number of rotatable bonds is 6. The highest BCUT2D eigenvalue weighted by atomic mass is 16.6. The van der Waals surface area contributed by atoms with Crippen LogP contribution < -0.4 is 5.32 Å². The van der Waals surface area contributed by atoms with Gasteiger partial charge in [-0.15, -0.1) is 0 Å². The van der Waals surface area contributed by atoms with Crippen LogP contribution in [0.1, 0.15) is 24.6 Å². The molecule has 7 nitrogen and oxygen atoms in total. The number of nitro groups is 1. The highest BCUT2D eigenvalue weighted by molar-refractivity contribution is 5.55. The number of anilines is 1. The molecule has 3 rings (SSSR count). The second-order valence-electron chi connectivity index (χ2n) is 5.28. The topological polar surface area (TPSA) is 84.4 Å². The van der Waals surface area contributed by atoms with Gasteiger partial charge in [0.15, 0.2) is 0 Å². The summed E-state index contributed by atoms with van der Waals surface area (Å²) >= 11 is 0. The summed E-state index contributed by atoms with van der Waals surface area (Å²) < 4.78 is 5.54. The van der Waals surface area contributed by atoms with Crippen LogP contribution in [-0.2, 0) is 0 Å². The molecule has 0 amide bonds. The van der Waals surface area contributed by atoms with Crippen molar-refractivity contribution in [2.45, 2.75) is 18.9 Å². The second-order valence-corrected chi connectivity index (χ2v) is 5.28. The molecule has 0 aromatic carbocycles. The van der Waals surface area contributed by atoms with E-state index in [0.717, 1.165) is 18.8 Å². The minimum Gasteiger partial charge on any atom is -0.468 e. The first-order chi connectivity index (χ1) is 10.8. The molecular weight excluding hydrogens is 284 g/mol. The maximum absolute atomic E-state index is 11.0. The highest BCUT2D eigenvalue weighted by Gasteiger charge is 2.26. The van der Waals surface area contributed by atoms with Gasteiger partial charge in [0.1, 0.15) is 5.76 Å². The summed E-state index contributed by atoms with van der Waals surface area (Å²) in [4.78, 5) is 17.0. The zero-order chi connectivity index (χ0) is 15.4. The summed E-state index contributed by atoms with van der Waals surface area (Å²) in [5, 5.41) is 14.2. The van der Waals surface area contributed by atoms with Crippen LogP contribution in [0.25, 0.3) is 0 Å². The van der Waals surface area contributed by atoms with Crippen LogP contribution in [-0.4, -0.2) is 34.4 Å². The normalized spacial score (nSPS) is 16.5. The third-order valence-corrected chi connectivity index (χ3v) is 3.90. The number of nitrogens with one attached hydrogen (secondary N) is 1. The van der Waals surface area contributed by atoms with Crippen molar-refractivity contribution in [1.29, 1.82) is 0 Å². The first-order valence-corrected chi connectivity index (χ1v) is 7.36. The zero-order valence-corrected chi connectivity index (χ0v) is 12.1. The van der Waals surface area contributed by atoms with Gasteiger partial charge in [0.2, 0.25) is 5.82 Å². The fraction of sp³-hybridized carbons (Fsp3) is 0.400. The van der Waals surface area contributed by atoms with Crippen molar-refractivity contribution >= 4 is 11.5 Å². The molecule has 1 aliphatic rings. The molecule has 2 aromatic rings. The molecule has 0 bridgehead atoms. The second kappa shape index (κ2) is 6.57. The Hall–Kier alpha value is -2.41. The highest BCUT2D eigenvalue weighted by Crippen LogP contribution is 2.27. The Labute approximate surface area is 128 Å². The van der Waals surface area contributed by atoms with E-state index in [0.29, 0.717) is 12.4 Å². The van der Waals surface area contributed by atoms with E-state index < -0.39 is 4.92 Å². The van der Waals surface area contributed by atoms with Crippen LogP contribution in [0, 0.1) is 10.1 Å². The van der Waals surface area contributed by atoms with Crippen LogP contribution >= 0.6 is 0 Å². The van der Waals surface area contributed by atoms with E-state index in [4.69, 9.17) is 4.42 Å². The first kappa shape index (κ1) is 14.5. The number of likely N-dealkylation sites (tertiary alicyclic amines) is 1. The predicted molar refractivity (Wildman–Crippen MR) is 81.6 cm³/mol. The molecule has 1 fully saturated rings. The summed E-state index contributed by atoms with van der Waals surface area (Å²) in [5.41, 5.74) is -0.0119. The van der Waals surface area contributed by atoms with E-state index in [-0.39, 0.29) is 11.7 Å². The van der Waals surface area contributed by atoms with Gasteiger partial charge in [0.05, 0.1) is 17.2 Å². The molecule has 0 unspecified atom stereocenters. The van der Waals surface area contributed by atoms with Crippen molar-refractivity contribution in [3.8, 4) is 0 Å². The van der Waals surface area contributed by atoms with E-state index in [1.54, 1.807) is 18.5 Å². The molecule has 0 spiro atoms. The monoisotopic (exact) mass is 302 g/mol. The minimum absolute atomic E-state index is 0.0119. The van der Waals surface area contributed by atoms with Gasteiger partial charge >= 0.3 is 5.69 Å². The van der Waals surface area contributed by atoms with Crippen molar-refractivity contribution in [3.63, 3.8) is 0 Å². The Morgan fingerprint density at radius 1 is 1.36 bits per heavy atom. The Balaban J connectivity index is 1.76. The summed E-state index contributed by atoms with van der Waals surface area (Å²) in [7, 11) is 0. The summed E-state index contributed by atoms with van der Waals surface area (Å²) in [6.07, 6.45) is 5.54. The Kier molecular flexibility index (Phi) is 4.34. The lowest BCUT2D eigenvalue weighted by Crippen LogP contribution is -2.31. The fourth-order valence-corrected chi connectivity index (χ4v) is 2.82. The third-order valence-electron chi connectivity index (χ3n) is 3.90. The third kappa shape index (κ3) is 3.09. The van der Waals surface area contributed by atoms with Gasteiger partial charge in [0.25, 0.3) is 0 Å². The number of pyridine rings is 1. The van der Waals surface area contributed by atoms with Gasteiger partial charge in [-0.1, -0.05) is 0 Å². The van der Waals surface area contributed by atoms with E-state index in [1.165, 1.54) is 18.9 Å². The first-order valence-electron chi connectivity index (χ1n) is 7.36. The lowest BCUT2D eigenvalue weighted by molar-refractivity contribution is -0.384. The average Bonchev–Trinajstić information content (AvgIpc) is 3.21. The SMILES string of the molecule is O=[N+]([O-])c1cccnc1NC[C@@H](c1ccco1)N1CCCC1. The Bertz CT molecular complexity index is 623. The van der Waals surface area contributed by atoms with E-state index in [1.807, 2.05) is 12.1 Å². The maximum atomic E-state index is 11.0. The molecule has 7 heteroatoms. The minimum atomic E-state index is -0.424. The summed E-state index contributed by atoms with van der Waals surface area (Å²) in [6.45, 7) is 2.54. The van der Waals surface area contributed by atoms with Crippen molar-refractivity contribution < 1.29 is 9.34 Å². The molecule has 116 valence electrons. The van der Waals surface area contributed by atoms with Gasteiger partial charge in [-0.25, -0.2) is 4.98 Å². The predicted octanol–water partition coefficient (Wildman–Crippen LogP) is 2.83. The molecule has 0 saturated carbocycles. The summed E-state index contributed by atoms with van der Waals surface area (Å²) in [6, 6.07) is 6.87. The van der Waals surface area contributed by atoms with Crippen LogP contribution in [0.5, 0.6) is 0 Å². The molecule has 0 aliphatic carbocycles. The number of aromatic nitrogens is 1. The fourth-order valence-electron chi connectivity index (χ4n) is 2.82. The van der Waals surface area contributed by atoms with E-state index in [2.05, 4.69) is 15.2 Å². The molecule has 3 heterocycles. The van der Waals surface area contributed by atoms with Gasteiger partial charge in [-0.3, -0.25) is 15.0 Å². The van der Waals surface area contributed by atoms with Gasteiger partial charge in [-0.2, -0.15) is 0 Å². The molecule has 1 N–H and O–H groups in total. The molecule has 22 heavy (non-hydrogen) atoms. The lowest BCUT2D eigenvalue weighted by Gasteiger charge is -2.26. The molecule has 2 aromatic heterocycles. The van der Waals surface area contributed by atoms with Gasteiger partial charge < -0.3 is 9.73 Å². The zero-order valence-electron chi connectivity index (χ0n) is 12.1. The van der Waals surface area contributed by atoms with Crippen LogP contribution in [0.3, 0.4) is 0 Å².